The molecule has 0 aliphatic carbocycles. The normalized spacial score (nSPS) is 10.4. The lowest BCUT2D eigenvalue weighted by Gasteiger charge is -2.05. The Hall–Kier alpha value is -1.51. The number of esters is 1. The molecule has 0 bridgehead atoms. The van der Waals surface area contributed by atoms with Gasteiger partial charge in [0.25, 0.3) is 0 Å². The van der Waals surface area contributed by atoms with Gasteiger partial charge in [-0.15, -0.1) is 0 Å². The van der Waals surface area contributed by atoms with Crippen LogP contribution in [0.2, 0.25) is 0 Å². The number of rotatable bonds is 5. The van der Waals surface area contributed by atoms with Crippen LogP contribution >= 0.6 is 0 Å². The van der Waals surface area contributed by atoms with E-state index in [1.54, 1.807) is 24.3 Å². The molecule has 0 saturated carbocycles. The minimum atomic E-state index is -0.176. The van der Waals surface area contributed by atoms with Crippen LogP contribution < -0.4 is 10.5 Å². The van der Waals surface area contributed by atoms with Crippen molar-refractivity contribution in [1.82, 2.24) is 0 Å². The number of carbonyl (C=O) groups is 1. The lowest BCUT2D eigenvalue weighted by atomic mass is 10.1. The van der Waals surface area contributed by atoms with E-state index in [0.29, 0.717) is 23.8 Å². The quantitative estimate of drug-likeness (QED) is 0.472. The second kappa shape index (κ2) is 6.16. The van der Waals surface area contributed by atoms with Gasteiger partial charge in [-0.3, -0.25) is 4.79 Å². The third-order valence-corrected chi connectivity index (χ3v) is 2.27. The Morgan fingerprint density at radius 2 is 1.94 bits per heavy atom. The minimum Gasteiger partial charge on any atom is -0.427 e. The van der Waals surface area contributed by atoms with Gasteiger partial charge in [0, 0.05) is 12.1 Å². The highest BCUT2D eigenvalue weighted by atomic mass is 16.5. The maximum atomic E-state index is 11.4. The van der Waals surface area contributed by atoms with Gasteiger partial charge < -0.3 is 10.5 Å². The molecule has 0 unspecified atom stereocenters. The van der Waals surface area contributed by atoms with Crippen LogP contribution in [0.15, 0.2) is 24.3 Å². The summed E-state index contributed by atoms with van der Waals surface area (Å²) in [7, 11) is 0. The zero-order valence-electron chi connectivity index (χ0n) is 9.90. The van der Waals surface area contributed by atoms with Gasteiger partial charge in [0.15, 0.2) is 0 Å². The fourth-order valence-corrected chi connectivity index (χ4v) is 1.37. The maximum Gasteiger partial charge on any atom is 0.311 e. The van der Waals surface area contributed by atoms with E-state index in [4.69, 9.17) is 10.5 Å². The predicted molar refractivity (Wildman–Crippen MR) is 65.2 cm³/mol. The van der Waals surface area contributed by atoms with E-state index in [-0.39, 0.29) is 5.97 Å². The predicted octanol–water partition coefficient (Wildman–Crippen LogP) is 3.00. The van der Waals surface area contributed by atoms with Crippen LogP contribution in [0.25, 0.3) is 0 Å². The molecule has 1 rings (SSSR count). The fraction of sp³-hybridized carbons (Fsp3) is 0.462. The Morgan fingerprint density at radius 1 is 1.31 bits per heavy atom. The summed E-state index contributed by atoms with van der Waals surface area (Å²) in [5.74, 6) is 1.01. The third kappa shape index (κ3) is 4.82. The van der Waals surface area contributed by atoms with E-state index >= 15 is 0 Å². The SMILES string of the molecule is CC(C)CCCC(=O)Oc1ccc(N)cc1. The van der Waals surface area contributed by atoms with Gasteiger partial charge >= 0.3 is 5.97 Å². The van der Waals surface area contributed by atoms with E-state index in [2.05, 4.69) is 13.8 Å². The molecule has 0 fully saturated rings. The number of hydrogen-bond acceptors (Lipinski definition) is 3. The molecule has 16 heavy (non-hydrogen) atoms. The molecule has 1 aromatic rings. The zero-order chi connectivity index (χ0) is 12.0. The lowest BCUT2D eigenvalue weighted by Crippen LogP contribution is -2.08. The molecule has 0 atom stereocenters. The fourth-order valence-electron chi connectivity index (χ4n) is 1.37. The average Bonchev–Trinajstić information content (AvgIpc) is 2.21. The van der Waals surface area contributed by atoms with Crippen molar-refractivity contribution in [3.63, 3.8) is 0 Å². The number of hydrogen-bond donors (Lipinski definition) is 1. The Balaban J connectivity index is 2.31. The number of benzene rings is 1. The molecule has 3 nitrogen and oxygen atoms in total. The molecule has 0 heterocycles. The summed E-state index contributed by atoms with van der Waals surface area (Å²) < 4.78 is 5.16. The van der Waals surface area contributed by atoms with Gasteiger partial charge in [0.1, 0.15) is 5.75 Å². The van der Waals surface area contributed by atoms with E-state index in [1.807, 2.05) is 0 Å². The second-order valence-electron chi connectivity index (χ2n) is 4.33. The second-order valence-corrected chi connectivity index (χ2v) is 4.33. The van der Waals surface area contributed by atoms with Crippen LogP contribution in [0.4, 0.5) is 5.69 Å². The topological polar surface area (TPSA) is 52.3 Å². The van der Waals surface area contributed by atoms with Crippen LogP contribution in [-0.4, -0.2) is 5.97 Å². The Morgan fingerprint density at radius 3 is 2.50 bits per heavy atom. The smallest absolute Gasteiger partial charge is 0.311 e. The highest BCUT2D eigenvalue weighted by molar-refractivity contribution is 5.72. The molecule has 1 aromatic carbocycles. The molecule has 2 N–H and O–H groups in total. The van der Waals surface area contributed by atoms with Crippen LogP contribution in [0.5, 0.6) is 5.75 Å². The zero-order valence-corrected chi connectivity index (χ0v) is 9.90. The van der Waals surface area contributed by atoms with Crippen molar-refractivity contribution < 1.29 is 9.53 Å². The van der Waals surface area contributed by atoms with Gasteiger partial charge in [-0.2, -0.15) is 0 Å². The van der Waals surface area contributed by atoms with E-state index < -0.39 is 0 Å². The molecule has 88 valence electrons. The van der Waals surface area contributed by atoms with Crippen molar-refractivity contribution in [2.75, 3.05) is 5.73 Å². The minimum absolute atomic E-state index is 0.176. The summed E-state index contributed by atoms with van der Waals surface area (Å²) in [6.07, 6.45) is 2.41. The summed E-state index contributed by atoms with van der Waals surface area (Å²) >= 11 is 0. The van der Waals surface area contributed by atoms with E-state index in [9.17, 15) is 4.79 Å². The van der Waals surface area contributed by atoms with Crippen LogP contribution in [0, 0.1) is 5.92 Å². The molecular formula is C13H19NO2. The molecule has 0 amide bonds. The van der Waals surface area contributed by atoms with Gasteiger partial charge in [-0.1, -0.05) is 20.3 Å². The van der Waals surface area contributed by atoms with Gasteiger partial charge in [0.05, 0.1) is 0 Å². The summed E-state index contributed by atoms with van der Waals surface area (Å²) in [6.45, 7) is 4.29. The Bertz CT molecular complexity index is 330. The first-order valence-corrected chi connectivity index (χ1v) is 5.64. The molecule has 0 aromatic heterocycles. The number of nitrogen functional groups attached to an aromatic ring is 1. The Kier molecular flexibility index (Phi) is 4.83. The summed E-state index contributed by atoms with van der Waals surface area (Å²) in [4.78, 5) is 11.4. The van der Waals surface area contributed by atoms with Gasteiger partial charge in [0.2, 0.25) is 0 Å². The molecule has 0 spiro atoms. The monoisotopic (exact) mass is 221 g/mol. The lowest BCUT2D eigenvalue weighted by molar-refractivity contribution is -0.134. The van der Waals surface area contributed by atoms with Crippen molar-refractivity contribution >= 4 is 11.7 Å². The third-order valence-electron chi connectivity index (χ3n) is 2.27. The van der Waals surface area contributed by atoms with E-state index in [0.717, 1.165) is 12.8 Å². The standard InChI is InChI=1S/C13H19NO2/c1-10(2)4-3-5-13(15)16-12-8-6-11(14)7-9-12/h6-10H,3-5,14H2,1-2H3. The van der Waals surface area contributed by atoms with Crippen LogP contribution in [0.1, 0.15) is 33.1 Å². The van der Waals surface area contributed by atoms with Crippen molar-refractivity contribution in [3.05, 3.63) is 24.3 Å². The van der Waals surface area contributed by atoms with Crippen molar-refractivity contribution in [2.24, 2.45) is 5.92 Å². The van der Waals surface area contributed by atoms with Gasteiger partial charge in [-0.25, -0.2) is 0 Å². The molecule has 3 heteroatoms. The number of carbonyl (C=O) groups excluding carboxylic acids is 1. The van der Waals surface area contributed by atoms with Crippen molar-refractivity contribution in [3.8, 4) is 5.75 Å². The number of nitrogens with two attached hydrogens (primary N) is 1. The largest absolute Gasteiger partial charge is 0.427 e. The van der Waals surface area contributed by atoms with Crippen LogP contribution in [0.3, 0.4) is 0 Å². The van der Waals surface area contributed by atoms with Crippen LogP contribution in [-0.2, 0) is 4.79 Å². The first-order chi connectivity index (χ1) is 7.58. The summed E-state index contributed by atoms with van der Waals surface area (Å²) in [5.41, 5.74) is 6.20. The highest BCUT2D eigenvalue weighted by Gasteiger charge is 2.05. The van der Waals surface area contributed by atoms with E-state index in [1.165, 1.54) is 0 Å². The summed E-state index contributed by atoms with van der Waals surface area (Å²) in [5, 5.41) is 0. The first-order valence-electron chi connectivity index (χ1n) is 5.64. The van der Waals surface area contributed by atoms with Crippen molar-refractivity contribution in [2.45, 2.75) is 33.1 Å². The molecule has 0 saturated heterocycles. The first kappa shape index (κ1) is 12.6. The molecule has 0 radical (unpaired) electrons. The number of anilines is 1. The molecular weight excluding hydrogens is 202 g/mol. The highest BCUT2D eigenvalue weighted by Crippen LogP contribution is 2.14. The summed E-state index contributed by atoms with van der Waals surface area (Å²) in [6, 6.07) is 6.85. The maximum absolute atomic E-state index is 11.4. The average molecular weight is 221 g/mol. The molecule has 0 aliphatic rings. The molecule has 0 aliphatic heterocycles. The van der Waals surface area contributed by atoms with Gasteiger partial charge in [-0.05, 0) is 36.6 Å². The number of ether oxygens (including phenoxy) is 1. The van der Waals surface area contributed by atoms with Crippen molar-refractivity contribution in [1.29, 1.82) is 0 Å². The Labute approximate surface area is 96.6 Å².